The minimum absolute atomic E-state index is 0.113. The first kappa shape index (κ1) is 14.8. The summed E-state index contributed by atoms with van der Waals surface area (Å²) in [6.07, 6.45) is 3.49. The Morgan fingerprint density at radius 3 is 2.55 bits per heavy atom. The van der Waals surface area contributed by atoms with Crippen molar-refractivity contribution >= 4 is 5.91 Å². The predicted molar refractivity (Wildman–Crippen MR) is 72.9 cm³/mol. The van der Waals surface area contributed by atoms with E-state index >= 15 is 0 Å². The Kier molecular flexibility index (Phi) is 4.60. The lowest BCUT2D eigenvalue weighted by Crippen LogP contribution is -2.43. The fraction of sp³-hybridized carbons (Fsp3) is 0.533. The molecule has 1 fully saturated rings. The van der Waals surface area contributed by atoms with E-state index in [1.807, 2.05) is 0 Å². The zero-order valence-corrected chi connectivity index (χ0v) is 11.6. The number of hydrogen-bond donors (Lipinski definition) is 1. The third-order valence-electron chi connectivity index (χ3n) is 3.67. The van der Waals surface area contributed by atoms with Crippen LogP contribution in [0.3, 0.4) is 0 Å². The van der Waals surface area contributed by atoms with Gasteiger partial charge in [0, 0.05) is 13.6 Å². The molecule has 0 heterocycles. The summed E-state index contributed by atoms with van der Waals surface area (Å²) in [6.45, 7) is 0.219. The number of carbonyl (C=O) groups is 1. The average molecular weight is 281 g/mol. The van der Waals surface area contributed by atoms with Crippen LogP contribution in [-0.2, 0) is 4.79 Å². The van der Waals surface area contributed by atoms with E-state index in [4.69, 9.17) is 4.74 Å². The van der Waals surface area contributed by atoms with Gasteiger partial charge < -0.3 is 14.7 Å². The first-order valence-electron chi connectivity index (χ1n) is 6.83. The molecule has 1 aliphatic carbocycles. The smallest absolute Gasteiger partial charge is 0.260 e. The van der Waals surface area contributed by atoms with Crippen LogP contribution in [0.5, 0.6) is 5.75 Å². The van der Waals surface area contributed by atoms with E-state index in [0.717, 1.165) is 25.7 Å². The van der Waals surface area contributed by atoms with Crippen LogP contribution in [0.4, 0.5) is 4.39 Å². The summed E-state index contributed by atoms with van der Waals surface area (Å²) in [5, 5.41) is 10.2. The maximum atomic E-state index is 12.7. The molecule has 5 heteroatoms. The van der Waals surface area contributed by atoms with Gasteiger partial charge in [-0.3, -0.25) is 4.79 Å². The first-order valence-corrected chi connectivity index (χ1v) is 6.83. The zero-order valence-electron chi connectivity index (χ0n) is 11.6. The number of aliphatic hydroxyl groups is 1. The molecule has 110 valence electrons. The average Bonchev–Trinajstić information content (AvgIpc) is 2.84. The highest BCUT2D eigenvalue weighted by atomic mass is 19.1. The molecule has 4 nitrogen and oxygen atoms in total. The highest BCUT2D eigenvalue weighted by Gasteiger charge is 2.33. The predicted octanol–water partition coefficient (Wildman–Crippen LogP) is 1.97. The molecule has 20 heavy (non-hydrogen) atoms. The van der Waals surface area contributed by atoms with Gasteiger partial charge in [-0.1, -0.05) is 12.8 Å². The van der Waals surface area contributed by atoms with Crippen LogP contribution in [0.2, 0.25) is 0 Å². The lowest BCUT2D eigenvalue weighted by Gasteiger charge is -2.28. The van der Waals surface area contributed by atoms with Crippen LogP contribution in [0.15, 0.2) is 24.3 Å². The SMILES string of the molecule is CN(CC1(O)CCCC1)C(=O)COc1ccc(F)cc1. The van der Waals surface area contributed by atoms with E-state index in [1.165, 1.54) is 29.2 Å². The monoisotopic (exact) mass is 281 g/mol. The van der Waals surface area contributed by atoms with Gasteiger partial charge in [0.1, 0.15) is 11.6 Å². The molecule has 0 aliphatic heterocycles. The first-order chi connectivity index (χ1) is 9.48. The zero-order chi connectivity index (χ0) is 14.6. The van der Waals surface area contributed by atoms with Gasteiger partial charge >= 0.3 is 0 Å². The van der Waals surface area contributed by atoms with Gasteiger partial charge in [-0.2, -0.15) is 0 Å². The minimum atomic E-state index is -0.750. The summed E-state index contributed by atoms with van der Waals surface area (Å²) >= 11 is 0. The van der Waals surface area contributed by atoms with E-state index in [9.17, 15) is 14.3 Å². The summed E-state index contributed by atoms with van der Waals surface area (Å²) in [4.78, 5) is 13.4. The number of ether oxygens (including phenoxy) is 1. The number of hydrogen-bond acceptors (Lipinski definition) is 3. The van der Waals surface area contributed by atoms with E-state index in [2.05, 4.69) is 0 Å². The Morgan fingerprint density at radius 1 is 1.35 bits per heavy atom. The highest BCUT2D eigenvalue weighted by molar-refractivity contribution is 5.77. The van der Waals surface area contributed by atoms with Gasteiger partial charge in [-0.05, 0) is 37.1 Å². The quantitative estimate of drug-likeness (QED) is 0.897. The van der Waals surface area contributed by atoms with Gasteiger partial charge in [-0.25, -0.2) is 4.39 Å². The van der Waals surface area contributed by atoms with Crippen molar-refractivity contribution in [3.05, 3.63) is 30.1 Å². The molecule has 0 unspecified atom stereocenters. The number of likely N-dealkylation sites (N-methyl/N-ethyl adjacent to an activating group) is 1. The van der Waals surface area contributed by atoms with Gasteiger partial charge in [-0.15, -0.1) is 0 Å². The maximum absolute atomic E-state index is 12.7. The van der Waals surface area contributed by atoms with Crippen molar-refractivity contribution in [3.8, 4) is 5.75 Å². The molecular formula is C15H20FNO3. The molecule has 1 saturated carbocycles. The topological polar surface area (TPSA) is 49.8 Å². The van der Waals surface area contributed by atoms with Crippen LogP contribution in [0.1, 0.15) is 25.7 Å². The molecule has 0 radical (unpaired) electrons. The van der Waals surface area contributed by atoms with Crippen molar-refractivity contribution in [2.75, 3.05) is 20.2 Å². The molecule has 1 aromatic rings. The molecule has 1 N–H and O–H groups in total. The van der Waals surface area contributed by atoms with E-state index < -0.39 is 5.60 Å². The van der Waals surface area contributed by atoms with Gasteiger partial charge in [0.2, 0.25) is 0 Å². The van der Waals surface area contributed by atoms with Gasteiger partial charge in [0.15, 0.2) is 6.61 Å². The summed E-state index contributed by atoms with van der Waals surface area (Å²) in [5.74, 6) is -0.0911. The van der Waals surface area contributed by atoms with Crippen molar-refractivity contribution in [1.29, 1.82) is 0 Å². The third-order valence-corrected chi connectivity index (χ3v) is 3.67. The lowest BCUT2D eigenvalue weighted by atomic mass is 10.0. The summed E-state index contributed by atoms with van der Waals surface area (Å²) in [5.41, 5.74) is -0.750. The van der Waals surface area contributed by atoms with Crippen molar-refractivity contribution in [1.82, 2.24) is 4.90 Å². The third kappa shape index (κ3) is 3.93. The van der Waals surface area contributed by atoms with Gasteiger partial charge in [0.05, 0.1) is 5.60 Å². The molecular weight excluding hydrogens is 261 g/mol. The van der Waals surface area contributed by atoms with Crippen molar-refractivity contribution in [2.24, 2.45) is 0 Å². The lowest BCUT2D eigenvalue weighted by molar-refractivity contribution is -0.135. The number of carbonyl (C=O) groups excluding carboxylic acids is 1. The van der Waals surface area contributed by atoms with Crippen molar-refractivity contribution in [2.45, 2.75) is 31.3 Å². The number of halogens is 1. The molecule has 0 bridgehead atoms. The minimum Gasteiger partial charge on any atom is -0.484 e. The summed E-state index contributed by atoms with van der Waals surface area (Å²) < 4.78 is 18.0. The van der Waals surface area contributed by atoms with Crippen LogP contribution >= 0.6 is 0 Å². The second-order valence-electron chi connectivity index (χ2n) is 5.42. The van der Waals surface area contributed by atoms with Crippen LogP contribution in [0.25, 0.3) is 0 Å². The molecule has 0 spiro atoms. The highest BCUT2D eigenvalue weighted by Crippen LogP contribution is 2.29. The van der Waals surface area contributed by atoms with E-state index in [1.54, 1.807) is 7.05 Å². The number of nitrogens with zero attached hydrogens (tertiary/aromatic N) is 1. The van der Waals surface area contributed by atoms with Crippen LogP contribution in [-0.4, -0.2) is 41.7 Å². The Labute approximate surface area is 118 Å². The Balaban J connectivity index is 1.80. The maximum Gasteiger partial charge on any atom is 0.260 e. The molecule has 1 aliphatic rings. The molecule has 0 saturated heterocycles. The normalized spacial score (nSPS) is 16.9. The molecule has 1 amide bonds. The number of amides is 1. The van der Waals surface area contributed by atoms with E-state index in [0.29, 0.717) is 12.3 Å². The molecule has 0 atom stereocenters. The Morgan fingerprint density at radius 2 is 1.95 bits per heavy atom. The summed E-state index contributed by atoms with van der Waals surface area (Å²) in [6, 6.07) is 5.52. The second-order valence-corrected chi connectivity index (χ2v) is 5.42. The number of benzene rings is 1. The molecule has 2 rings (SSSR count). The van der Waals surface area contributed by atoms with E-state index in [-0.39, 0.29) is 18.3 Å². The molecule has 1 aromatic carbocycles. The fourth-order valence-electron chi connectivity index (χ4n) is 2.51. The van der Waals surface area contributed by atoms with Crippen molar-refractivity contribution < 1.29 is 19.0 Å². The van der Waals surface area contributed by atoms with Gasteiger partial charge in [0.25, 0.3) is 5.91 Å². The Bertz CT molecular complexity index is 455. The largest absolute Gasteiger partial charge is 0.484 e. The number of rotatable bonds is 5. The fourth-order valence-corrected chi connectivity index (χ4v) is 2.51. The van der Waals surface area contributed by atoms with Crippen molar-refractivity contribution in [3.63, 3.8) is 0 Å². The standard InChI is InChI=1S/C15H20FNO3/c1-17(11-15(19)8-2-3-9-15)14(18)10-20-13-6-4-12(16)5-7-13/h4-7,19H,2-3,8-11H2,1H3. The Hall–Kier alpha value is -1.62. The second kappa shape index (κ2) is 6.22. The summed E-state index contributed by atoms with van der Waals surface area (Å²) in [7, 11) is 1.66. The van der Waals surface area contributed by atoms with Crippen LogP contribution < -0.4 is 4.74 Å². The van der Waals surface area contributed by atoms with Crippen LogP contribution in [0, 0.1) is 5.82 Å². The molecule has 0 aromatic heterocycles.